The largest absolute Gasteiger partial charge is 0.394 e. The van der Waals surface area contributed by atoms with E-state index in [1.165, 1.54) is 28.7 Å². The molecule has 9 heteroatoms. The van der Waals surface area contributed by atoms with E-state index in [0.29, 0.717) is 0 Å². The van der Waals surface area contributed by atoms with Crippen LogP contribution in [-0.2, 0) is 11.8 Å². The van der Waals surface area contributed by atoms with Gasteiger partial charge in [-0.25, -0.2) is 9.97 Å². The topological polar surface area (TPSA) is 123 Å². The molecule has 1 saturated heterocycles. The van der Waals surface area contributed by atoms with Crippen LogP contribution >= 0.6 is 0 Å². The zero-order valence-electron chi connectivity index (χ0n) is 11.5. The number of aliphatic hydroxyl groups excluding tert-OH is 2. The summed E-state index contributed by atoms with van der Waals surface area (Å²) in [5, 5.41) is 29.6. The van der Waals surface area contributed by atoms with Gasteiger partial charge in [0.1, 0.15) is 17.8 Å². The molecule has 0 saturated carbocycles. The Morgan fingerprint density at radius 2 is 2.14 bits per heavy atom. The molecule has 3 rings (SSSR count). The quantitative estimate of drug-likeness (QED) is 0.593. The molecule has 1 aliphatic rings. The van der Waals surface area contributed by atoms with Gasteiger partial charge in [-0.15, -0.1) is 0 Å². The normalized spacial score (nSPS) is 32.9. The van der Waals surface area contributed by atoms with E-state index in [1.54, 1.807) is 7.05 Å². The SMILES string of the molecule is Cn1cnc2c(ncn2C2OC(CO)C(O)C2(C)O)c1=O. The van der Waals surface area contributed by atoms with E-state index in [2.05, 4.69) is 9.97 Å². The summed E-state index contributed by atoms with van der Waals surface area (Å²) < 4.78 is 8.16. The van der Waals surface area contributed by atoms with Gasteiger partial charge >= 0.3 is 0 Å². The fraction of sp³-hybridized carbons (Fsp3) is 0.583. The molecule has 21 heavy (non-hydrogen) atoms. The van der Waals surface area contributed by atoms with Gasteiger partial charge in [-0.05, 0) is 6.92 Å². The summed E-state index contributed by atoms with van der Waals surface area (Å²) in [6.07, 6.45) is -0.531. The minimum Gasteiger partial charge on any atom is -0.394 e. The number of nitrogens with zero attached hydrogens (tertiary/aromatic N) is 4. The average molecular weight is 296 g/mol. The van der Waals surface area contributed by atoms with Crippen LogP contribution in [0.1, 0.15) is 13.2 Å². The number of rotatable bonds is 2. The van der Waals surface area contributed by atoms with Crippen LogP contribution in [0.4, 0.5) is 0 Å². The van der Waals surface area contributed by atoms with Gasteiger partial charge < -0.3 is 24.6 Å². The summed E-state index contributed by atoms with van der Waals surface area (Å²) in [7, 11) is 1.56. The van der Waals surface area contributed by atoms with E-state index in [1.807, 2.05) is 0 Å². The van der Waals surface area contributed by atoms with E-state index in [0.717, 1.165) is 0 Å². The highest BCUT2D eigenvalue weighted by atomic mass is 16.6. The number of aliphatic hydroxyl groups is 3. The molecule has 0 bridgehead atoms. The molecule has 1 fully saturated rings. The molecule has 0 radical (unpaired) electrons. The number of hydrogen-bond acceptors (Lipinski definition) is 7. The van der Waals surface area contributed by atoms with Crippen molar-refractivity contribution in [3.63, 3.8) is 0 Å². The maximum absolute atomic E-state index is 12.0. The molecule has 0 aromatic carbocycles. The third-order valence-corrected chi connectivity index (χ3v) is 3.83. The van der Waals surface area contributed by atoms with Crippen molar-refractivity contribution in [3.05, 3.63) is 23.0 Å². The molecule has 9 nitrogen and oxygen atoms in total. The summed E-state index contributed by atoms with van der Waals surface area (Å²) >= 11 is 0. The Hall–Kier alpha value is -1.81. The second-order valence-corrected chi connectivity index (χ2v) is 5.36. The molecule has 114 valence electrons. The lowest BCUT2D eigenvalue weighted by Gasteiger charge is -2.27. The highest BCUT2D eigenvalue weighted by Crippen LogP contribution is 2.38. The summed E-state index contributed by atoms with van der Waals surface area (Å²) in [4.78, 5) is 20.1. The Morgan fingerprint density at radius 1 is 1.43 bits per heavy atom. The molecule has 2 aromatic heterocycles. The minimum atomic E-state index is -1.65. The molecule has 0 spiro atoms. The monoisotopic (exact) mass is 296 g/mol. The van der Waals surface area contributed by atoms with Gasteiger partial charge in [0.05, 0.1) is 19.3 Å². The second-order valence-electron chi connectivity index (χ2n) is 5.36. The van der Waals surface area contributed by atoms with Crippen molar-refractivity contribution < 1.29 is 20.1 Å². The fourth-order valence-corrected chi connectivity index (χ4v) is 2.56. The second kappa shape index (κ2) is 4.60. The number of ether oxygens (including phenoxy) is 1. The number of aryl methyl sites for hydroxylation is 1. The Balaban J connectivity index is 2.13. The Kier molecular flexibility index (Phi) is 3.10. The molecule has 4 atom stereocenters. The summed E-state index contributed by atoms with van der Waals surface area (Å²) in [6, 6.07) is 0. The first-order chi connectivity index (χ1) is 9.87. The standard InChI is InChI=1S/C12H16N4O5/c1-12(20)8(18)6(3-17)21-11(12)16-5-13-7-9(16)14-4-15(2)10(7)19/h4-6,8,11,17-18,20H,3H2,1-2H3. The van der Waals surface area contributed by atoms with Crippen LogP contribution in [0, 0.1) is 0 Å². The Morgan fingerprint density at radius 3 is 2.76 bits per heavy atom. The van der Waals surface area contributed by atoms with Crippen molar-refractivity contribution in [3.8, 4) is 0 Å². The van der Waals surface area contributed by atoms with Gasteiger partial charge in [0, 0.05) is 7.05 Å². The number of aromatic nitrogens is 4. The van der Waals surface area contributed by atoms with Crippen molar-refractivity contribution in [2.75, 3.05) is 6.61 Å². The molecule has 1 aliphatic heterocycles. The predicted octanol–water partition coefficient (Wildman–Crippen LogP) is -1.87. The Labute approximate surface area is 119 Å². The fourth-order valence-electron chi connectivity index (χ4n) is 2.56. The molecular weight excluding hydrogens is 280 g/mol. The smallest absolute Gasteiger partial charge is 0.281 e. The van der Waals surface area contributed by atoms with Crippen molar-refractivity contribution in [2.24, 2.45) is 7.05 Å². The summed E-state index contributed by atoms with van der Waals surface area (Å²) in [6.45, 7) is 0.959. The van der Waals surface area contributed by atoms with Gasteiger partial charge in [0.25, 0.3) is 5.56 Å². The van der Waals surface area contributed by atoms with E-state index < -0.39 is 30.6 Å². The molecule has 0 aliphatic carbocycles. The van der Waals surface area contributed by atoms with E-state index in [-0.39, 0.29) is 16.7 Å². The zero-order chi connectivity index (χ0) is 15.4. The van der Waals surface area contributed by atoms with Crippen LogP contribution in [0.5, 0.6) is 0 Å². The van der Waals surface area contributed by atoms with Crippen LogP contribution in [0.25, 0.3) is 11.2 Å². The molecule has 4 unspecified atom stereocenters. The predicted molar refractivity (Wildman–Crippen MR) is 70.4 cm³/mol. The van der Waals surface area contributed by atoms with Gasteiger partial charge in [-0.1, -0.05) is 0 Å². The average Bonchev–Trinajstić information content (AvgIpc) is 2.96. The van der Waals surface area contributed by atoms with Crippen molar-refractivity contribution in [1.82, 2.24) is 19.1 Å². The lowest BCUT2D eigenvalue weighted by Crippen LogP contribution is -2.44. The maximum Gasteiger partial charge on any atom is 0.281 e. The van der Waals surface area contributed by atoms with Crippen LogP contribution in [0.3, 0.4) is 0 Å². The third kappa shape index (κ3) is 1.89. The van der Waals surface area contributed by atoms with Crippen molar-refractivity contribution >= 4 is 11.2 Å². The molecule has 3 N–H and O–H groups in total. The number of hydrogen-bond donors (Lipinski definition) is 3. The summed E-state index contributed by atoms with van der Waals surface area (Å²) in [5.41, 5.74) is -1.59. The van der Waals surface area contributed by atoms with Crippen LogP contribution in [-0.4, -0.2) is 58.8 Å². The highest BCUT2D eigenvalue weighted by Gasteiger charge is 2.53. The van der Waals surface area contributed by atoms with E-state index in [4.69, 9.17) is 4.74 Å². The van der Waals surface area contributed by atoms with Gasteiger partial charge in [-0.2, -0.15) is 0 Å². The van der Waals surface area contributed by atoms with Crippen molar-refractivity contribution in [2.45, 2.75) is 31.0 Å². The van der Waals surface area contributed by atoms with E-state index >= 15 is 0 Å². The summed E-state index contributed by atoms with van der Waals surface area (Å²) in [5.74, 6) is 0. The lowest BCUT2D eigenvalue weighted by molar-refractivity contribution is -0.0950. The van der Waals surface area contributed by atoms with Crippen LogP contribution in [0.2, 0.25) is 0 Å². The number of fused-ring (bicyclic) bond motifs is 1. The highest BCUT2D eigenvalue weighted by molar-refractivity contribution is 5.69. The first-order valence-electron chi connectivity index (χ1n) is 6.43. The lowest BCUT2D eigenvalue weighted by atomic mass is 9.96. The van der Waals surface area contributed by atoms with Gasteiger partial charge in [0.15, 0.2) is 17.4 Å². The van der Waals surface area contributed by atoms with Crippen LogP contribution < -0.4 is 5.56 Å². The third-order valence-electron chi connectivity index (χ3n) is 3.83. The molecule has 0 amide bonds. The van der Waals surface area contributed by atoms with Gasteiger partial charge in [0.2, 0.25) is 0 Å². The molecular formula is C12H16N4O5. The minimum absolute atomic E-state index is 0.140. The molecule has 2 aromatic rings. The van der Waals surface area contributed by atoms with Crippen molar-refractivity contribution in [1.29, 1.82) is 0 Å². The number of imidazole rings is 1. The first kappa shape index (κ1) is 14.1. The molecule has 3 heterocycles. The Bertz CT molecular complexity index is 737. The maximum atomic E-state index is 12.0. The van der Waals surface area contributed by atoms with E-state index in [9.17, 15) is 20.1 Å². The zero-order valence-corrected chi connectivity index (χ0v) is 11.5. The van der Waals surface area contributed by atoms with Crippen LogP contribution in [0.15, 0.2) is 17.4 Å². The van der Waals surface area contributed by atoms with Gasteiger partial charge in [-0.3, -0.25) is 9.36 Å². The first-order valence-corrected chi connectivity index (χ1v) is 6.43.